The maximum Gasteiger partial charge on any atom is 0.171 e. The van der Waals surface area contributed by atoms with E-state index in [1.807, 2.05) is 30.3 Å². The third-order valence-corrected chi connectivity index (χ3v) is 3.97. The van der Waals surface area contributed by atoms with Crippen LogP contribution in [0.25, 0.3) is 33.5 Å². The first-order chi connectivity index (χ1) is 11.8. The van der Waals surface area contributed by atoms with Crippen molar-refractivity contribution in [2.45, 2.75) is 0 Å². The van der Waals surface area contributed by atoms with Gasteiger partial charge < -0.3 is 4.74 Å². The molecular weight excluding hydrogens is 326 g/mol. The summed E-state index contributed by atoms with van der Waals surface area (Å²) in [6.07, 6.45) is 3.29. The number of fused-ring (bicyclic) bond motifs is 1. The Morgan fingerprint density at radius 3 is 2.71 bits per heavy atom. The lowest BCUT2D eigenvalue weighted by Gasteiger charge is -2.07. The van der Waals surface area contributed by atoms with E-state index >= 15 is 0 Å². The summed E-state index contributed by atoms with van der Waals surface area (Å²) in [5, 5.41) is 7.53. The Morgan fingerprint density at radius 1 is 1.08 bits per heavy atom. The number of nitrogens with one attached hydrogen (secondary N) is 1. The molecule has 0 aliphatic rings. The second kappa shape index (κ2) is 5.90. The summed E-state index contributed by atoms with van der Waals surface area (Å²) in [6.45, 7) is 0. The van der Waals surface area contributed by atoms with Crippen molar-refractivity contribution in [1.29, 1.82) is 0 Å². The second-order valence-electron chi connectivity index (χ2n) is 5.08. The Kier molecular flexibility index (Phi) is 3.59. The summed E-state index contributed by atoms with van der Waals surface area (Å²) < 4.78 is 5.20. The largest absolute Gasteiger partial charge is 0.493 e. The zero-order valence-electron chi connectivity index (χ0n) is 12.7. The van der Waals surface area contributed by atoms with Crippen LogP contribution in [0.5, 0.6) is 5.75 Å². The molecule has 0 fully saturated rings. The fourth-order valence-corrected chi connectivity index (χ4v) is 2.79. The Labute approximate surface area is 142 Å². The SMILES string of the molecule is COc1cc2ncnc(-c3c[nH]nc3-c3ccccc3)c2nc1Cl. The summed E-state index contributed by atoms with van der Waals surface area (Å²) >= 11 is 6.18. The number of benzene rings is 1. The van der Waals surface area contributed by atoms with Crippen molar-refractivity contribution in [3.05, 3.63) is 54.1 Å². The fraction of sp³-hybridized carbons (Fsp3) is 0.0588. The molecule has 0 saturated heterocycles. The Morgan fingerprint density at radius 2 is 1.92 bits per heavy atom. The molecule has 0 spiro atoms. The highest BCUT2D eigenvalue weighted by molar-refractivity contribution is 6.31. The fourth-order valence-electron chi connectivity index (χ4n) is 2.57. The van der Waals surface area contributed by atoms with E-state index in [1.165, 1.54) is 6.33 Å². The Bertz CT molecular complexity index is 1020. The minimum atomic E-state index is 0.269. The molecular formula is C17H12ClN5O. The van der Waals surface area contributed by atoms with Gasteiger partial charge in [0.1, 0.15) is 23.2 Å². The first kappa shape index (κ1) is 14.6. The third-order valence-electron chi connectivity index (χ3n) is 3.69. The first-order valence-electron chi connectivity index (χ1n) is 7.22. The van der Waals surface area contributed by atoms with Gasteiger partial charge in [0.05, 0.1) is 12.6 Å². The maximum absolute atomic E-state index is 6.18. The van der Waals surface area contributed by atoms with Crippen molar-refractivity contribution >= 4 is 22.6 Å². The molecule has 0 aliphatic carbocycles. The number of methoxy groups -OCH3 is 1. The second-order valence-corrected chi connectivity index (χ2v) is 5.44. The molecule has 3 heterocycles. The highest BCUT2D eigenvalue weighted by atomic mass is 35.5. The lowest BCUT2D eigenvalue weighted by Crippen LogP contribution is -1.95. The number of halogens is 1. The van der Waals surface area contributed by atoms with E-state index in [0.717, 1.165) is 16.8 Å². The van der Waals surface area contributed by atoms with Crippen molar-refractivity contribution in [2.24, 2.45) is 0 Å². The van der Waals surface area contributed by atoms with Gasteiger partial charge in [-0.2, -0.15) is 5.10 Å². The molecule has 6 nitrogen and oxygen atoms in total. The van der Waals surface area contributed by atoms with E-state index in [2.05, 4.69) is 25.1 Å². The van der Waals surface area contributed by atoms with Crippen LogP contribution in [-0.2, 0) is 0 Å². The number of nitrogens with zero attached hydrogens (tertiary/aromatic N) is 4. The molecule has 3 aromatic heterocycles. The molecule has 7 heteroatoms. The topological polar surface area (TPSA) is 76.6 Å². The summed E-state index contributed by atoms with van der Waals surface area (Å²) in [6, 6.07) is 11.6. The van der Waals surface area contributed by atoms with Gasteiger partial charge in [-0.05, 0) is 0 Å². The summed E-state index contributed by atoms with van der Waals surface area (Å²) in [5.74, 6) is 0.476. The minimum absolute atomic E-state index is 0.269. The van der Waals surface area contributed by atoms with Crippen LogP contribution < -0.4 is 4.74 Å². The lowest BCUT2D eigenvalue weighted by molar-refractivity contribution is 0.414. The van der Waals surface area contributed by atoms with Crippen LogP contribution in [-0.4, -0.2) is 32.3 Å². The number of aromatic amines is 1. The molecule has 0 unspecified atom stereocenters. The van der Waals surface area contributed by atoms with Crippen molar-refractivity contribution in [1.82, 2.24) is 25.1 Å². The van der Waals surface area contributed by atoms with E-state index in [4.69, 9.17) is 16.3 Å². The summed E-state index contributed by atoms with van der Waals surface area (Å²) in [5.41, 5.74) is 4.53. The van der Waals surface area contributed by atoms with E-state index in [9.17, 15) is 0 Å². The van der Waals surface area contributed by atoms with Crippen LogP contribution in [0.3, 0.4) is 0 Å². The lowest BCUT2D eigenvalue weighted by atomic mass is 10.0. The first-order valence-corrected chi connectivity index (χ1v) is 7.60. The molecule has 1 aromatic carbocycles. The van der Waals surface area contributed by atoms with Crippen LogP contribution in [0.2, 0.25) is 5.15 Å². The zero-order valence-corrected chi connectivity index (χ0v) is 13.4. The van der Waals surface area contributed by atoms with Gasteiger partial charge in [0, 0.05) is 23.4 Å². The van der Waals surface area contributed by atoms with E-state index in [1.54, 1.807) is 19.4 Å². The number of hydrogen-bond acceptors (Lipinski definition) is 5. The Hall–Kier alpha value is -2.99. The third kappa shape index (κ3) is 2.37. The molecule has 0 radical (unpaired) electrons. The van der Waals surface area contributed by atoms with Gasteiger partial charge in [-0.1, -0.05) is 41.9 Å². The van der Waals surface area contributed by atoms with Gasteiger partial charge in [-0.15, -0.1) is 0 Å². The summed E-state index contributed by atoms with van der Waals surface area (Å²) in [4.78, 5) is 13.1. The van der Waals surface area contributed by atoms with Gasteiger partial charge in [-0.3, -0.25) is 5.10 Å². The average molecular weight is 338 g/mol. The van der Waals surface area contributed by atoms with Gasteiger partial charge >= 0.3 is 0 Å². The molecule has 0 bridgehead atoms. The number of ether oxygens (including phenoxy) is 1. The number of rotatable bonds is 3. The maximum atomic E-state index is 6.18. The molecule has 0 atom stereocenters. The van der Waals surface area contributed by atoms with E-state index in [0.29, 0.717) is 22.5 Å². The van der Waals surface area contributed by atoms with Crippen molar-refractivity contribution in [3.8, 4) is 28.3 Å². The normalized spacial score (nSPS) is 10.9. The molecule has 0 amide bonds. The Balaban J connectivity index is 1.96. The minimum Gasteiger partial charge on any atom is -0.493 e. The number of aromatic nitrogens is 5. The van der Waals surface area contributed by atoms with E-state index in [-0.39, 0.29) is 5.15 Å². The van der Waals surface area contributed by atoms with Crippen molar-refractivity contribution in [3.63, 3.8) is 0 Å². The highest BCUT2D eigenvalue weighted by Crippen LogP contribution is 2.34. The monoisotopic (exact) mass is 337 g/mol. The van der Waals surface area contributed by atoms with Gasteiger partial charge in [0.25, 0.3) is 0 Å². The van der Waals surface area contributed by atoms with Crippen LogP contribution in [0, 0.1) is 0 Å². The molecule has 24 heavy (non-hydrogen) atoms. The quantitative estimate of drug-likeness (QED) is 0.576. The average Bonchev–Trinajstić information content (AvgIpc) is 3.11. The molecule has 118 valence electrons. The molecule has 4 aromatic rings. The van der Waals surface area contributed by atoms with Crippen LogP contribution in [0.1, 0.15) is 0 Å². The molecule has 4 rings (SSSR count). The predicted octanol–water partition coefficient (Wildman–Crippen LogP) is 3.74. The standard InChI is InChI=1S/C17H12ClN5O/c1-24-13-7-12-16(22-17(13)18)15(20-9-19-12)11-8-21-23-14(11)10-5-3-2-4-6-10/h2-9H,1H3,(H,21,23). The van der Waals surface area contributed by atoms with Crippen molar-refractivity contribution in [2.75, 3.05) is 7.11 Å². The number of hydrogen-bond donors (Lipinski definition) is 1. The van der Waals surface area contributed by atoms with Gasteiger partial charge in [-0.25, -0.2) is 15.0 Å². The smallest absolute Gasteiger partial charge is 0.171 e. The highest BCUT2D eigenvalue weighted by Gasteiger charge is 2.17. The molecule has 0 aliphatic heterocycles. The summed E-state index contributed by atoms with van der Waals surface area (Å²) in [7, 11) is 1.54. The molecule has 0 saturated carbocycles. The van der Waals surface area contributed by atoms with E-state index < -0.39 is 0 Å². The van der Waals surface area contributed by atoms with Crippen LogP contribution in [0.4, 0.5) is 0 Å². The zero-order chi connectivity index (χ0) is 16.5. The molecule has 1 N–H and O–H groups in total. The number of H-pyrrole nitrogens is 1. The van der Waals surface area contributed by atoms with Crippen LogP contribution >= 0.6 is 11.6 Å². The van der Waals surface area contributed by atoms with Gasteiger partial charge in [0.15, 0.2) is 10.9 Å². The predicted molar refractivity (Wildman–Crippen MR) is 91.9 cm³/mol. The van der Waals surface area contributed by atoms with Gasteiger partial charge in [0.2, 0.25) is 0 Å². The van der Waals surface area contributed by atoms with Crippen LogP contribution in [0.15, 0.2) is 48.9 Å². The van der Waals surface area contributed by atoms with Crippen molar-refractivity contribution < 1.29 is 4.74 Å². The number of pyridine rings is 1.